The summed E-state index contributed by atoms with van der Waals surface area (Å²) in [6.07, 6.45) is 3.94. The lowest BCUT2D eigenvalue weighted by Crippen LogP contribution is -2.44. The van der Waals surface area contributed by atoms with Crippen molar-refractivity contribution in [3.05, 3.63) is 58.0 Å². The maximum atomic E-state index is 14.0. The van der Waals surface area contributed by atoms with Crippen LogP contribution in [0.5, 0.6) is 0 Å². The van der Waals surface area contributed by atoms with Gasteiger partial charge in [-0.2, -0.15) is 0 Å². The van der Waals surface area contributed by atoms with Gasteiger partial charge in [-0.05, 0) is 42.3 Å². The molecule has 2 amide bonds. The van der Waals surface area contributed by atoms with E-state index in [1.54, 1.807) is 17.4 Å². The molecule has 3 heterocycles. The Morgan fingerprint density at radius 2 is 2.14 bits per heavy atom. The summed E-state index contributed by atoms with van der Waals surface area (Å²) < 4.78 is 14.0. The predicted molar refractivity (Wildman–Crippen MR) is 108 cm³/mol. The first-order chi connectivity index (χ1) is 13.5. The highest BCUT2D eigenvalue weighted by Gasteiger charge is 2.39. The Labute approximate surface area is 168 Å². The van der Waals surface area contributed by atoms with Gasteiger partial charge >= 0.3 is 0 Å². The van der Waals surface area contributed by atoms with Crippen molar-refractivity contribution in [3.8, 4) is 0 Å². The molecule has 0 radical (unpaired) electrons. The maximum absolute atomic E-state index is 14.0. The Morgan fingerprint density at radius 1 is 1.29 bits per heavy atom. The molecular weight excluding hydrogens is 375 g/mol. The van der Waals surface area contributed by atoms with Gasteiger partial charge in [0.25, 0.3) is 0 Å². The molecule has 1 N–H and O–H groups in total. The number of amides is 2. The molecule has 0 aliphatic carbocycles. The van der Waals surface area contributed by atoms with Crippen molar-refractivity contribution in [2.45, 2.75) is 50.0 Å². The van der Waals surface area contributed by atoms with Crippen molar-refractivity contribution in [1.82, 2.24) is 10.2 Å². The zero-order valence-corrected chi connectivity index (χ0v) is 16.6. The Morgan fingerprint density at radius 3 is 2.86 bits per heavy atom. The lowest BCUT2D eigenvalue weighted by Gasteiger charge is -2.29. The third kappa shape index (κ3) is 4.12. The number of carbonyl (C=O) groups excluding carboxylic acids is 2. The topological polar surface area (TPSA) is 49.4 Å². The van der Waals surface area contributed by atoms with Crippen LogP contribution in [-0.2, 0) is 16.0 Å². The van der Waals surface area contributed by atoms with Gasteiger partial charge < -0.3 is 10.2 Å². The minimum Gasteiger partial charge on any atom is -0.350 e. The van der Waals surface area contributed by atoms with E-state index in [9.17, 15) is 14.0 Å². The summed E-state index contributed by atoms with van der Waals surface area (Å²) in [5.74, 6) is 0.0529. The van der Waals surface area contributed by atoms with Gasteiger partial charge in [-0.15, -0.1) is 11.3 Å². The molecule has 148 valence electrons. The molecule has 0 unspecified atom stereocenters. The van der Waals surface area contributed by atoms with E-state index in [-0.39, 0.29) is 29.1 Å². The molecule has 0 spiro atoms. The number of nitrogens with one attached hydrogen (secondary N) is 1. The highest BCUT2D eigenvalue weighted by atomic mass is 32.1. The zero-order valence-electron chi connectivity index (χ0n) is 15.8. The quantitative estimate of drug-likeness (QED) is 0.800. The lowest BCUT2D eigenvalue weighted by atomic mass is 9.87. The molecule has 2 atom stereocenters. The van der Waals surface area contributed by atoms with Crippen molar-refractivity contribution in [2.24, 2.45) is 0 Å². The fraction of sp³-hybridized carbons (Fsp3) is 0.455. The summed E-state index contributed by atoms with van der Waals surface area (Å²) in [5, 5.41) is 5.18. The standard InChI is InChI=1S/C22H25FN2O2S/c23-19-6-2-1-5-18(19)16-9-12-25(15-16)21(27)8-11-22(10-7-20(26)24-22)14-17-4-3-13-28-17/h1-6,13,16H,7-12,14-15H2,(H,24,26)/t16-,22+/m1/s1. The number of thiophene rings is 1. The van der Waals surface area contributed by atoms with Gasteiger partial charge in [0, 0.05) is 48.7 Å². The molecule has 1 aromatic heterocycles. The summed E-state index contributed by atoms with van der Waals surface area (Å²) in [5.41, 5.74) is 0.387. The third-order valence-corrected chi connectivity index (χ3v) is 6.91. The SMILES string of the molecule is O=C1CC[C@](CCC(=O)N2CC[C@@H](c3ccccc3F)C2)(Cc2cccs2)N1. The summed E-state index contributed by atoms with van der Waals surface area (Å²) in [4.78, 5) is 27.8. The van der Waals surface area contributed by atoms with E-state index in [0.29, 0.717) is 37.9 Å². The maximum Gasteiger partial charge on any atom is 0.222 e. The van der Waals surface area contributed by atoms with Crippen LogP contribution in [0.15, 0.2) is 41.8 Å². The first-order valence-corrected chi connectivity index (χ1v) is 10.8. The van der Waals surface area contributed by atoms with Gasteiger partial charge in [0.15, 0.2) is 0 Å². The second-order valence-electron chi connectivity index (χ2n) is 7.93. The normalized spacial score (nSPS) is 24.5. The van der Waals surface area contributed by atoms with Crippen molar-refractivity contribution < 1.29 is 14.0 Å². The number of likely N-dealkylation sites (tertiary alicyclic amines) is 1. The molecule has 2 aliphatic rings. The minimum atomic E-state index is -0.317. The van der Waals surface area contributed by atoms with Gasteiger partial charge in [0.05, 0.1) is 0 Å². The molecule has 2 saturated heterocycles. The van der Waals surface area contributed by atoms with Crippen LogP contribution in [0, 0.1) is 5.82 Å². The smallest absolute Gasteiger partial charge is 0.222 e. The number of rotatable bonds is 6. The fourth-order valence-electron chi connectivity index (χ4n) is 4.48. The second kappa shape index (κ2) is 8.03. The Hall–Kier alpha value is -2.21. The number of halogens is 1. The van der Waals surface area contributed by atoms with Gasteiger partial charge in [-0.25, -0.2) is 4.39 Å². The zero-order chi connectivity index (χ0) is 19.6. The molecule has 4 rings (SSSR count). The van der Waals surface area contributed by atoms with E-state index in [2.05, 4.69) is 11.4 Å². The van der Waals surface area contributed by atoms with Crippen molar-refractivity contribution in [2.75, 3.05) is 13.1 Å². The lowest BCUT2D eigenvalue weighted by molar-refractivity contribution is -0.131. The van der Waals surface area contributed by atoms with E-state index in [4.69, 9.17) is 0 Å². The van der Waals surface area contributed by atoms with Gasteiger partial charge in [-0.1, -0.05) is 24.3 Å². The third-order valence-electron chi connectivity index (χ3n) is 6.03. The van der Waals surface area contributed by atoms with Crippen LogP contribution in [0.3, 0.4) is 0 Å². The Bertz CT molecular complexity index is 854. The molecule has 1 aromatic carbocycles. The van der Waals surface area contributed by atoms with Crippen LogP contribution in [0.4, 0.5) is 4.39 Å². The van der Waals surface area contributed by atoms with E-state index in [1.807, 2.05) is 28.5 Å². The molecule has 2 aromatic rings. The van der Waals surface area contributed by atoms with Gasteiger partial charge in [-0.3, -0.25) is 9.59 Å². The number of carbonyl (C=O) groups is 2. The predicted octanol–water partition coefficient (Wildman–Crippen LogP) is 3.87. The van der Waals surface area contributed by atoms with Crippen molar-refractivity contribution in [1.29, 1.82) is 0 Å². The molecule has 0 saturated carbocycles. The highest BCUT2D eigenvalue weighted by Crippen LogP contribution is 2.33. The number of hydrogen-bond donors (Lipinski definition) is 1. The van der Waals surface area contributed by atoms with Crippen LogP contribution >= 0.6 is 11.3 Å². The van der Waals surface area contributed by atoms with Crippen LogP contribution in [0.1, 0.15) is 48.5 Å². The fourth-order valence-corrected chi connectivity index (χ4v) is 5.33. The van der Waals surface area contributed by atoms with E-state index in [1.165, 1.54) is 10.9 Å². The molecule has 4 nitrogen and oxygen atoms in total. The second-order valence-corrected chi connectivity index (χ2v) is 8.96. The first kappa shape index (κ1) is 19.1. The van der Waals surface area contributed by atoms with Crippen LogP contribution in [-0.4, -0.2) is 35.3 Å². The van der Waals surface area contributed by atoms with Crippen LogP contribution in [0.2, 0.25) is 0 Å². The van der Waals surface area contributed by atoms with Gasteiger partial charge in [0.2, 0.25) is 11.8 Å². The van der Waals surface area contributed by atoms with E-state index < -0.39 is 0 Å². The molecule has 6 heteroatoms. The minimum absolute atomic E-state index is 0.0661. The number of benzene rings is 1. The average molecular weight is 401 g/mol. The summed E-state index contributed by atoms with van der Waals surface area (Å²) in [6.45, 7) is 1.24. The van der Waals surface area contributed by atoms with E-state index >= 15 is 0 Å². The van der Waals surface area contributed by atoms with Gasteiger partial charge in [0.1, 0.15) is 5.82 Å². The average Bonchev–Trinajstić information content (AvgIpc) is 3.43. The van der Waals surface area contributed by atoms with Crippen molar-refractivity contribution in [3.63, 3.8) is 0 Å². The molecular formula is C22H25FN2O2S. The Kier molecular flexibility index (Phi) is 5.49. The largest absolute Gasteiger partial charge is 0.350 e. The van der Waals surface area contributed by atoms with Crippen LogP contribution in [0.25, 0.3) is 0 Å². The van der Waals surface area contributed by atoms with Crippen molar-refractivity contribution >= 4 is 23.2 Å². The first-order valence-electron chi connectivity index (χ1n) is 9.90. The summed E-state index contributed by atoms with van der Waals surface area (Å²) in [7, 11) is 0. The number of nitrogens with zero attached hydrogens (tertiary/aromatic N) is 1. The van der Waals surface area contributed by atoms with E-state index in [0.717, 1.165) is 19.3 Å². The Balaban J connectivity index is 1.36. The number of hydrogen-bond acceptors (Lipinski definition) is 3. The summed E-state index contributed by atoms with van der Waals surface area (Å²) >= 11 is 1.69. The monoisotopic (exact) mass is 400 g/mol. The highest BCUT2D eigenvalue weighted by molar-refractivity contribution is 7.09. The molecule has 2 aliphatic heterocycles. The van der Waals surface area contributed by atoms with Crippen LogP contribution < -0.4 is 5.32 Å². The molecule has 2 fully saturated rings. The molecule has 28 heavy (non-hydrogen) atoms. The molecule has 0 bridgehead atoms. The summed E-state index contributed by atoms with van der Waals surface area (Å²) in [6, 6.07) is 10.9.